The lowest BCUT2D eigenvalue weighted by atomic mass is 10.3. The van der Waals surface area contributed by atoms with E-state index in [4.69, 9.17) is 4.42 Å². The predicted octanol–water partition coefficient (Wildman–Crippen LogP) is 3.36. The van der Waals surface area contributed by atoms with Crippen molar-refractivity contribution < 1.29 is 4.42 Å². The van der Waals surface area contributed by atoms with Crippen LogP contribution in [0.15, 0.2) is 43.9 Å². The summed E-state index contributed by atoms with van der Waals surface area (Å²) in [5.41, 5.74) is 1.07. The largest absolute Gasteiger partial charge is 0.472 e. The number of furan rings is 1. The first-order valence-corrected chi connectivity index (χ1v) is 7.66. The van der Waals surface area contributed by atoms with Gasteiger partial charge in [-0.15, -0.1) is 11.3 Å². The second-order valence-electron chi connectivity index (χ2n) is 3.89. The van der Waals surface area contributed by atoms with Crippen LogP contribution in [-0.4, -0.2) is 12.5 Å². The summed E-state index contributed by atoms with van der Waals surface area (Å²) in [7, 11) is 0. The second kappa shape index (κ2) is 7.35. The Balaban J connectivity index is 1.89. The highest BCUT2D eigenvalue weighted by atomic mass is 79.9. The van der Waals surface area contributed by atoms with Crippen molar-refractivity contribution >= 4 is 33.2 Å². The molecule has 0 aliphatic rings. The van der Waals surface area contributed by atoms with Crippen LogP contribution >= 0.6 is 27.3 Å². The molecule has 4 nitrogen and oxygen atoms in total. The van der Waals surface area contributed by atoms with Crippen molar-refractivity contribution in [2.75, 3.05) is 6.54 Å². The van der Waals surface area contributed by atoms with Crippen LogP contribution in [-0.2, 0) is 13.1 Å². The van der Waals surface area contributed by atoms with Crippen molar-refractivity contribution in [3.63, 3.8) is 0 Å². The van der Waals surface area contributed by atoms with Crippen LogP contribution in [0.5, 0.6) is 0 Å². The number of hydrogen-bond acceptors (Lipinski definition) is 3. The molecule has 102 valence electrons. The standard InChI is InChI=1S/C13H16BrN3OS/c1-2-15-13(16-7-10-5-6-18-9-10)17-8-11-3-4-12(14)19-11/h3-6,9H,2,7-8H2,1H3,(H2,15,16,17). The first-order chi connectivity index (χ1) is 9.28. The summed E-state index contributed by atoms with van der Waals surface area (Å²) in [6.45, 7) is 4.27. The van der Waals surface area contributed by atoms with Gasteiger partial charge in [0.1, 0.15) is 0 Å². The van der Waals surface area contributed by atoms with E-state index in [1.807, 2.05) is 6.07 Å². The van der Waals surface area contributed by atoms with Crippen molar-refractivity contribution in [3.8, 4) is 0 Å². The van der Waals surface area contributed by atoms with Gasteiger partial charge in [0.05, 0.1) is 29.4 Å². The molecular formula is C13H16BrN3OS. The van der Waals surface area contributed by atoms with Gasteiger partial charge in [-0.1, -0.05) is 0 Å². The SMILES string of the molecule is CCNC(=NCc1ccoc1)NCc1ccc(Br)s1. The maximum Gasteiger partial charge on any atom is 0.191 e. The summed E-state index contributed by atoms with van der Waals surface area (Å²) in [4.78, 5) is 5.77. The Kier molecular flexibility index (Phi) is 5.47. The van der Waals surface area contributed by atoms with E-state index in [-0.39, 0.29) is 0 Å². The fourth-order valence-corrected chi connectivity index (χ4v) is 2.94. The molecule has 0 aliphatic carbocycles. The third kappa shape index (κ3) is 4.72. The highest BCUT2D eigenvalue weighted by Gasteiger charge is 2.01. The monoisotopic (exact) mass is 341 g/mol. The van der Waals surface area contributed by atoms with E-state index >= 15 is 0 Å². The molecule has 6 heteroatoms. The van der Waals surface area contributed by atoms with Crippen molar-refractivity contribution in [2.45, 2.75) is 20.0 Å². The molecule has 2 heterocycles. The van der Waals surface area contributed by atoms with E-state index in [9.17, 15) is 0 Å². The molecule has 2 aromatic rings. The summed E-state index contributed by atoms with van der Waals surface area (Å²) in [6.07, 6.45) is 3.37. The highest BCUT2D eigenvalue weighted by Crippen LogP contribution is 2.21. The third-order valence-electron chi connectivity index (χ3n) is 2.40. The topological polar surface area (TPSA) is 49.6 Å². The third-order valence-corrected chi connectivity index (χ3v) is 4.03. The van der Waals surface area contributed by atoms with Crippen molar-refractivity contribution in [1.29, 1.82) is 0 Å². The van der Waals surface area contributed by atoms with Crippen LogP contribution in [0, 0.1) is 0 Å². The Labute approximate surface area is 125 Å². The molecule has 2 aromatic heterocycles. The molecule has 0 fully saturated rings. The zero-order valence-electron chi connectivity index (χ0n) is 10.6. The van der Waals surface area contributed by atoms with E-state index in [0.717, 1.165) is 28.4 Å². The fraction of sp³-hybridized carbons (Fsp3) is 0.308. The van der Waals surface area contributed by atoms with Gasteiger partial charge in [0.2, 0.25) is 0 Å². The van der Waals surface area contributed by atoms with Gasteiger partial charge in [-0.3, -0.25) is 0 Å². The van der Waals surface area contributed by atoms with E-state index in [1.165, 1.54) is 4.88 Å². The molecular weight excluding hydrogens is 326 g/mol. The molecule has 19 heavy (non-hydrogen) atoms. The lowest BCUT2D eigenvalue weighted by molar-refractivity contribution is 0.564. The molecule has 0 unspecified atom stereocenters. The summed E-state index contributed by atoms with van der Waals surface area (Å²) >= 11 is 5.18. The van der Waals surface area contributed by atoms with Crippen LogP contribution < -0.4 is 10.6 Å². The highest BCUT2D eigenvalue weighted by molar-refractivity contribution is 9.11. The normalized spacial score (nSPS) is 11.6. The maximum atomic E-state index is 5.03. The van der Waals surface area contributed by atoms with E-state index in [2.05, 4.69) is 50.6 Å². The van der Waals surface area contributed by atoms with Gasteiger partial charge < -0.3 is 15.1 Å². The van der Waals surface area contributed by atoms with Crippen LogP contribution in [0.4, 0.5) is 0 Å². The van der Waals surface area contributed by atoms with Crippen LogP contribution in [0.1, 0.15) is 17.4 Å². The van der Waals surface area contributed by atoms with Gasteiger partial charge >= 0.3 is 0 Å². The van der Waals surface area contributed by atoms with Gasteiger partial charge in [-0.25, -0.2) is 4.99 Å². The summed E-state index contributed by atoms with van der Waals surface area (Å²) in [6, 6.07) is 6.07. The predicted molar refractivity (Wildman–Crippen MR) is 82.4 cm³/mol. The minimum atomic E-state index is 0.611. The summed E-state index contributed by atoms with van der Waals surface area (Å²) in [5, 5.41) is 6.53. The maximum absolute atomic E-state index is 5.03. The number of halogens is 1. The summed E-state index contributed by atoms with van der Waals surface area (Å²) < 4.78 is 6.17. The average molecular weight is 342 g/mol. The quantitative estimate of drug-likeness (QED) is 0.647. The van der Waals surface area contributed by atoms with Crippen molar-refractivity contribution in [1.82, 2.24) is 10.6 Å². The molecule has 0 spiro atoms. The number of thiophene rings is 1. The van der Waals surface area contributed by atoms with Crippen molar-refractivity contribution in [3.05, 3.63) is 45.0 Å². The number of aliphatic imine (C=N–C) groups is 1. The zero-order valence-corrected chi connectivity index (χ0v) is 13.1. The lowest BCUT2D eigenvalue weighted by Crippen LogP contribution is -2.36. The minimum absolute atomic E-state index is 0.611. The first kappa shape index (κ1) is 14.1. The van der Waals surface area contributed by atoms with Gasteiger partial charge in [0.15, 0.2) is 5.96 Å². The average Bonchev–Trinajstić information content (AvgIpc) is 3.04. The zero-order chi connectivity index (χ0) is 13.5. The molecule has 0 saturated heterocycles. The molecule has 0 atom stereocenters. The number of nitrogens with zero attached hydrogens (tertiary/aromatic N) is 1. The molecule has 0 saturated carbocycles. The Morgan fingerprint density at radius 1 is 1.37 bits per heavy atom. The second-order valence-corrected chi connectivity index (χ2v) is 6.43. The van der Waals surface area contributed by atoms with Crippen molar-refractivity contribution in [2.24, 2.45) is 4.99 Å². The Morgan fingerprint density at radius 2 is 2.26 bits per heavy atom. The first-order valence-electron chi connectivity index (χ1n) is 6.05. The van der Waals surface area contributed by atoms with Crippen LogP contribution in [0.2, 0.25) is 0 Å². The Morgan fingerprint density at radius 3 is 2.89 bits per heavy atom. The van der Waals surface area contributed by atoms with E-state index < -0.39 is 0 Å². The number of nitrogens with one attached hydrogen (secondary N) is 2. The van der Waals surface area contributed by atoms with Gasteiger partial charge in [-0.2, -0.15) is 0 Å². The molecule has 2 N–H and O–H groups in total. The van der Waals surface area contributed by atoms with Crippen LogP contribution in [0.3, 0.4) is 0 Å². The number of hydrogen-bond donors (Lipinski definition) is 2. The van der Waals surface area contributed by atoms with Crippen LogP contribution in [0.25, 0.3) is 0 Å². The van der Waals surface area contributed by atoms with E-state index in [1.54, 1.807) is 23.9 Å². The molecule has 0 radical (unpaired) electrons. The molecule has 0 aromatic carbocycles. The molecule has 0 amide bonds. The number of guanidine groups is 1. The number of rotatable bonds is 5. The van der Waals surface area contributed by atoms with Gasteiger partial charge in [0, 0.05) is 17.0 Å². The Bertz CT molecular complexity index is 522. The lowest BCUT2D eigenvalue weighted by Gasteiger charge is -2.09. The molecule has 2 rings (SSSR count). The van der Waals surface area contributed by atoms with E-state index in [0.29, 0.717) is 6.54 Å². The molecule has 0 aliphatic heterocycles. The molecule has 0 bridgehead atoms. The Hall–Kier alpha value is -1.27. The fourth-order valence-electron chi connectivity index (χ4n) is 1.51. The summed E-state index contributed by atoms with van der Waals surface area (Å²) in [5.74, 6) is 0.813. The van der Waals surface area contributed by atoms with Gasteiger partial charge in [0.25, 0.3) is 0 Å². The van der Waals surface area contributed by atoms with Gasteiger partial charge in [-0.05, 0) is 41.1 Å². The minimum Gasteiger partial charge on any atom is -0.472 e. The smallest absolute Gasteiger partial charge is 0.191 e.